The SMILES string of the molecule is CS(=O)(=O)Nc1cccc(N2CCN(CCCCN)CC2)c1. The summed E-state index contributed by atoms with van der Waals surface area (Å²) in [5.74, 6) is 0. The molecule has 1 aliphatic rings. The summed E-state index contributed by atoms with van der Waals surface area (Å²) >= 11 is 0. The minimum atomic E-state index is -3.23. The number of hydrogen-bond donors (Lipinski definition) is 2. The summed E-state index contributed by atoms with van der Waals surface area (Å²) in [6.07, 6.45) is 3.41. The number of hydrogen-bond acceptors (Lipinski definition) is 5. The van der Waals surface area contributed by atoms with Crippen molar-refractivity contribution < 1.29 is 8.42 Å². The zero-order chi connectivity index (χ0) is 16.0. The first kappa shape index (κ1) is 17.1. The van der Waals surface area contributed by atoms with Gasteiger partial charge in [0.05, 0.1) is 11.9 Å². The largest absolute Gasteiger partial charge is 0.369 e. The van der Waals surface area contributed by atoms with Crippen molar-refractivity contribution in [1.29, 1.82) is 0 Å². The molecule has 0 bridgehead atoms. The fourth-order valence-electron chi connectivity index (χ4n) is 2.69. The van der Waals surface area contributed by atoms with E-state index in [0.717, 1.165) is 57.8 Å². The Balaban J connectivity index is 1.90. The predicted octanol–water partition coefficient (Wildman–Crippen LogP) is 0.919. The van der Waals surface area contributed by atoms with Gasteiger partial charge in [-0.25, -0.2) is 8.42 Å². The van der Waals surface area contributed by atoms with Crippen LogP contribution in [0.25, 0.3) is 0 Å². The van der Waals surface area contributed by atoms with Crippen molar-refractivity contribution in [2.75, 3.05) is 55.1 Å². The molecule has 1 aliphatic heterocycles. The first-order valence-corrected chi connectivity index (χ1v) is 9.62. The minimum Gasteiger partial charge on any atom is -0.369 e. The van der Waals surface area contributed by atoms with E-state index in [1.165, 1.54) is 6.26 Å². The van der Waals surface area contributed by atoms with Crippen molar-refractivity contribution in [3.05, 3.63) is 24.3 Å². The Kier molecular flexibility index (Phi) is 6.05. The molecule has 0 atom stereocenters. The molecular weight excluding hydrogens is 300 g/mol. The summed E-state index contributed by atoms with van der Waals surface area (Å²) < 4.78 is 25.2. The highest BCUT2D eigenvalue weighted by molar-refractivity contribution is 7.92. The Morgan fingerprint density at radius 1 is 1.18 bits per heavy atom. The quantitative estimate of drug-likeness (QED) is 0.729. The van der Waals surface area contributed by atoms with Gasteiger partial charge in [-0.1, -0.05) is 6.07 Å². The summed E-state index contributed by atoms with van der Waals surface area (Å²) in [6, 6.07) is 7.58. The van der Waals surface area contributed by atoms with Gasteiger partial charge in [0, 0.05) is 31.9 Å². The number of nitrogens with zero attached hydrogens (tertiary/aromatic N) is 2. The molecule has 2 rings (SSSR count). The highest BCUT2D eigenvalue weighted by atomic mass is 32.2. The van der Waals surface area contributed by atoms with E-state index in [2.05, 4.69) is 14.5 Å². The van der Waals surface area contributed by atoms with Crippen molar-refractivity contribution in [2.24, 2.45) is 5.73 Å². The molecule has 0 aliphatic carbocycles. The molecular formula is C15H26N4O2S. The molecule has 3 N–H and O–H groups in total. The molecule has 1 aromatic carbocycles. The summed E-state index contributed by atoms with van der Waals surface area (Å²) in [4.78, 5) is 4.76. The maximum absolute atomic E-state index is 11.3. The van der Waals surface area contributed by atoms with Gasteiger partial charge in [0.25, 0.3) is 0 Å². The van der Waals surface area contributed by atoms with Gasteiger partial charge < -0.3 is 10.6 Å². The van der Waals surface area contributed by atoms with E-state index in [4.69, 9.17) is 5.73 Å². The van der Waals surface area contributed by atoms with Crippen LogP contribution in [0.2, 0.25) is 0 Å². The normalized spacial score (nSPS) is 16.7. The summed E-state index contributed by atoms with van der Waals surface area (Å²) in [5, 5.41) is 0. The lowest BCUT2D eigenvalue weighted by atomic mass is 10.2. The molecule has 0 radical (unpaired) electrons. The number of benzene rings is 1. The van der Waals surface area contributed by atoms with Crippen LogP contribution in [-0.4, -0.2) is 58.8 Å². The molecule has 1 aromatic rings. The van der Waals surface area contributed by atoms with Gasteiger partial charge in [-0.05, 0) is 44.1 Å². The molecule has 0 spiro atoms. The number of piperazine rings is 1. The second-order valence-electron chi connectivity index (χ2n) is 5.75. The highest BCUT2D eigenvalue weighted by Gasteiger charge is 2.17. The van der Waals surface area contributed by atoms with Crippen LogP contribution < -0.4 is 15.4 Å². The maximum Gasteiger partial charge on any atom is 0.229 e. The second-order valence-corrected chi connectivity index (χ2v) is 7.50. The van der Waals surface area contributed by atoms with Crippen molar-refractivity contribution in [3.63, 3.8) is 0 Å². The van der Waals surface area contributed by atoms with E-state index < -0.39 is 10.0 Å². The lowest BCUT2D eigenvalue weighted by Gasteiger charge is -2.36. The van der Waals surface area contributed by atoms with Crippen molar-refractivity contribution >= 4 is 21.4 Å². The van der Waals surface area contributed by atoms with Crippen molar-refractivity contribution in [1.82, 2.24) is 4.90 Å². The molecule has 1 heterocycles. The first-order valence-electron chi connectivity index (χ1n) is 7.73. The average molecular weight is 326 g/mol. The Morgan fingerprint density at radius 3 is 2.55 bits per heavy atom. The third-order valence-electron chi connectivity index (χ3n) is 3.82. The van der Waals surface area contributed by atoms with Crippen LogP contribution >= 0.6 is 0 Å². The number of nitrogens with one attached hydrogen (secondary N) is 1. The summed E-state index contributed by atoms with van der Waals surface area (Å²) in [7, 11) is -3.23. The zero-order valence-corrected chi connectivity index (χ0v) is 14.0. The van der Waals surface area contributed by atoms with Gasteiger partial charge in [0.2, 0.25) is 10.0 Å². The number of sulfonamides is 1. The zero-order valence-electron chi connectivity index (χ0n) is 13.2. The Bertz CT molecular complexity index is 569. The predicted molar refractivity (Wildman–Crippen MR) is 91.8 cm³/mol. The molecule has 1 fully saturated rings. The smallest absolute Gasteiger partial charge is 0.229 e. The van der Waals surface area contributed by atoms with Crippen LogP contribution in [0, 0.1) is 0 Å². The Hall–Kier alpha value is -1.31. The average Bonchev–Trinajstić information content (AvgIpc) is 2.47. The van der Waals surface area contributed by atoms with Crippen LogP contribution in [0.5, 0.6) is 0 Å². The molecule has 0 unspecified atom stereocenters. The van der Waals surface area contributed by atoms with E-state index in [0.29, 0.717) is 5.69 Å². The van der Waals surface area contributed by atoms with Gasteiger partial charge >= 0.3 is 0 Å². The second kappa shape index (κ2) is 7.80. The highest BCUT2D eigenvalue weighted by Crippen LogP contribution is 2.21. The third-order valence-corrected chi connectivity index (χ3v) is 4.42. The minimum absolute atomic E-state index is 0.616. The monoisotopic (exact) mass is 326 g/mol. The first-order chi connectivity index (χ1) is 10.5. The molecule has 124 valence electrons. The molecule has 1 saturated heterocycles. The molecule has 22 heavy (non-hydrogen) atoms. The Labute approximate surface area is 133 Å². The maximum atomic E-state index is 11.3. The van der Waals surface area contributed by atoms with Crippen LogP contribution in [0.15, 0.2) is 24.3 Å². The van der Waals surface area contributed by atoms with Crippen LogP contribution in [0.3, 0.4) is 0 Å². The van der Waals surface area contributed by atoms with E-state index in [-0.39, 0.29) is 0 Å². The fraction of sp³-hybridized carbons (Fsp3) is 0.600. The van der Waals surface area contributed by atoms with Crippen LogP contribution in [-0.2, 0) is 10.0 Å². The molecule has 0 aromatic heterocycles. The van der Waals surface area contributed by atoms with Gasteiger partial charge in [0.15, 0.2) is 0 Å². The van der Waals surface area contributed by atoms with Gasteiger partial charge in [-0.2, -0.15) is 0 Å². The molecule has 7 heteroatoms. The van der Waals surface area contributed by atoms with Crippen LogP contribution in [0.4, 0.5) is 11.4 Å². The fourth-order valence-corrected chi connectivity index (χ4v) is 3.24. The summed E-state index contributed by atoms with van der Waals surface area (Å²) in [5.41, 5.74) is 7.21. The number of anilines is 2. The summed E-state index contributed by atoms with van der Waals surface area (Å²) in [6.45, 7) is 5.87. The van der Waals surface area contributed by atoms with Gasteiger partial charge in [-0.15, -0.1) is 0 Å². The molecule has 0 saturated carbocycles. The lowest BCUT2D eigenvalue weighted by molar-refractivity contribution is 0.253. The topological polar surface area (TPSA) is 78.7 Å². The van der Waals surface area contributed by atoms with Gasteiger partial charge in [-0.3, -0.25) is 9.62 Å². The lowest BCUT2D eigenvalue weighted by Crippen LogP contribution is -2.46. The third kappa shape index (κ3) is 5.47. The van der Waals surface area contributed by atoms with E-state index in [1.807, 2.05) is 18.2 Å². The number of nitrogens with two attached hydrogens (primary N) is 1. The van der Waals surface area contributed by atoms with E-state index in [9.17, 15) is 8.42 Å². The number of unbranched alkanes of at least 4 members (excludes halogenated alkanes) is 1. The number of rotatable bonds is 7. The van der Waals surface area contributed by atoms with Crippen molar-refractivity contribution in [2.45, 2.75) is 12.8 Å². The van der Waals surface area contributed by atoms with Crippen LogP contribution in [0.1, 0.15) is 12.8 Å². The standard InChI is InChI=1S/C15H26N4O2S/c1-22(20,21)17-14-5-4-6-15(13-14)19-11-9-18(10-12-19)8-3-2-7-16/h4-6,13,17H,2-3,7-12,16H2,1H3. The van der Waals surface area contributed by atoms with E-state index in [1.54, 1.807) is 6.07 Å². The Morgan fingerprint density at radius 2 is 1.91 bits per heavy atom. The molecule has 6 nitrogen and oxygen atoms in total. The van der Waals surface area contributed by atoms with E-state index >= 15 is 0 Å². The molecule has 0 amide bonds. The van der Waals surface area contributed by atoms with Gasteiger partial charge in [0.1, 0.15) is 0 Å². The van der Waals surface area contributed by atoms with Crippen molar-refractivity contribution in [3.8, 4) is 0 Å².